The predicted molar refractivity (Wildman–Crippen MR) is 45.5 cm³/mol. The number of aliphatic hydroxyl groups is 1. The predicted octanol–water partition coefficient (Wildman–Crippen LogP) is 1.21. The summed E-state index contributed by atoms with van der Waals surface area (Å²) < 4.78 is 3.14. The van der Waals surface area contributed by atoms with E-state index in [1.54, 1.807) is 29.5 Å². The first-order chi connectivity index (χ1) is 4.52. The molecule has 0 aliphatic heterocycles. The number of rotatable bonds is 3. The van der Waals surface area contributed by atoms with E-state index in [0.717, 1.165) is 6.08 Å². The van der Waals surface area contributed by atoms with Gasteiger partial charge in [0.1, 0.15) is 0 Å². The van der Waals surface area contributed by atoms with Crippen molar-refractivity contribution < 1.29 is 14.6 Å². The lowest BCUT2D eigenvalue weighted by atomic mass is 10.5. The average Bonchev–Trinajstić information content (AvgIpc) is 1.87. The average molecular weight is 256 g/mol. The molecule has 10 heavy (non-hydrogen) atoms. The van der Waals surface area contributed by atoms with Gasteiger partial charge in [0.05, 0.1) is 0 Å². The lowest BCUT2D eigenvalue weighted by molar-refractivity contribution is -0.166. The first-order valence-electron chi connectivity index (χ1n) is 2.78. The molecule has 0 fully saturated rings. The fraction of sp³-hybridized carbons (Fsp3) is 0.500. The second-order valence-corrected chi connectivity index (χ2v) is 3.35. The normalized spacial score (nSPS) is 15.5. The van der Waals surface area contributed by atoms with Crippen LogP contribution >= 0.6 is 22.6 Å². The largest absolute Gasteiger partial charge is 0.421 e. The van der Waals surface area contributed by atoms with Crippen LogP contribution in [0, 0.1) is 0 Å². The molecule has 0 aliphatic carbocycles. The van der Waals surface area contributed by atoms with E-state index in [-0.39, 0.29) is 0 Å². The van der Waals surface area contributed by atoms with Gasteiger partial charge in [0.2, 0.25) is 0 Å². The van der Waals surface area contributed by atoms with E-state index in [4.69, 9.17) is 5.11 Å². The summed E-state index contributed by atoms with van der Waals surface area (Å²) in [5, 5.41) is 9.12. The number of hydrogen-bond donors (Lipinski definition) is 1. The first-order valence-corrected chi connectivity index (χ1v) is 3.86. The highest BCUT2D eigenvalue weighted by Crippen LogP contribution is 2.20. The highest BCUT2D eigenvalue weighted by Gasteiger charge is 2.23. The maximum atomic E-state index is 10.5. The molecule has 0 aromatic carbocycles. The van der Waals surface area contributed by atoms with Crippen LogP contribution in [0.5, 0.6) is 0 Å². The third kappa shape index (κ3) is 3.84. The van der Waals surface area contributed by atoms with Gasteiger partial charge < -0.3 is 9.84 Å². The molecule has 0 spiro atoms. The molecule has 1 N–H and O–H groups in total. The highest BCUT2D eigenvalue weighted by atomic mass is 127. The van der Waals surface area contributed by atoms with Crippen molar-refractivity contribution in [3.63, 3.8) is 0 Å². The second-order valence-electron chi connectivity index (χ2n) is 1.67. The summed E-state index contributed by atoms with van der Waals surface area (Å²) >= 11 is 1.64. The molecule has 1 atom stereocenters. The molecule has 0 aromatic rings. The second kappa shape index (κ2) is 3.92. The molecular weight excluding hydrogens is 247 g/mol. The van der Waals surface area contributed by atoms with E-state index in [0.29, 0.717) is 6.42 Å². The molecule has 0 radical (unpaired) electrons. The molecule has 0 saturated heterocycles. The van der Waals surface area contributed by atoms with Gasteiger partial charge in [-0.1, -0.05) is 13.5 Å². The van der Waals surface area contributed by atoms with Gasteiger partial charge in [0.15, 0.2) is 0 Å². The van der Waals surface area contributed by atoms with Gasteiger partial charge in [0, 0.05) is 35.1 Å². The minimum Gasteiger partial charge on any atom is -0.421 e. The molecule has 0 aromatic heterocycles. The molecule has 1 unspecified atom stereocenters. The van der Waals surface area contributed by atoms with Crippen LogP contribution in [0.25, 0.3) is 0 Å². The van der Waals surface area contributed by atoms with E-state index >= 15 is 0 Å². The molecule has 58 valence electrons. The van der Waals surface area contributed by atoms with Crippen LogP contribution in [0.4, 0.5) is 0 Å². The molecule has 4 heteroatoms. The van der Waals surface area contributed by atoms with Gasteiger partial charge in [0.25, 0.3) is 3.79 Å². The lowest BCUT2D eigenvalue weighted by Crippen LogP contribution is -2.25. The Morgan fingerprint density at radius 1 is 2.00 bits per heavy atom. The third-order valence-electron chi connectivity index (χ3n) is 0.860. The van der Waals surface area contributed by atoms with Crippen molar-refractivity contribution in [3.8, 4) is 0 Å². The maximum Gasteiger partial charge on any atom is 0.333 e. The van der Waals surface area contributed by atoms with Crippen molar-refractivity contribution in [3.05, 3.63) is 12.7 Å². The van der Waals surface area contributed by atoms with E-state index in [1.165, 1.54) is 0 Å². The minimum absolute atomic E-state index is 0.354. The van der Waals surface area contributed by atoms with Crippen LogP contribution in [0.3, 0.4) is 0 Å². The van der Waals surface area contributed by atoms with Crippen LogP contribution in [0.1, 0.15) is 13.3 Å². The standard InChI is InChI=1S/C6H9IO3/c1-3-5(8)10-6(7,9)4-2/h3,9H,1,4H2,2H3. The Hall–Kier alpha value is -0.100. The summed E-state index contributed by atoms with van der Waals surface area (Å²) in [6.07, 6.45) is 1.37. The van der Waals surface area contributed by atoms with Gasteiger partial charge >= 0.3 is 5.97 Å². The Bertz CT molecular complexity index is 142. The van der Waals surface area contributed by atoms with Crippen molar-refractivity contribution in [2.75, 3.05) is 0 Å². The number of ether oxygens (including phenoxy) is 1. The Morgan fingerprint density at radius 2 is 2.50 bits per heavy atom. The summed E-state index contributed by atoms with van der Waals surface area (Å²) in [7, 11) is 0. The molecule has 0 bridgehead atoms. The van der Waals surface area contributed by atoms with E-state index in [9.17, 15) is 4.79 Å². The summed E-state index contributed by atoms with van der Waals surface area (Å²) in [5.41, 5.74) is 0. The monoisotopic (exact) mass is 256 g/mol. The zero-order valence-electron chi connectivity index (χ0n) is 5.63. The van der Waals surface area contributed by atoms with Gasteiger partial charge in [-0.15, -0.1) is 0 Å². The van der Waals surface area contributed by atoms with Crippen molar-refractivity contribution in [1.82, 2.24) is 0 Å². The third-order valence-corrected chi connectivity index (χ3v) is 1.84. The smallest absolute Gasteiger partial charge is 0.333 e. The van der Waals surface area contributed by atoms with E-state index < -0.39 is 9.76 Å². The molecular formula is C6H9IO3. The van der Waals surface area contributed by atoms with Gasteiger partial charge in [-0.3, -0.25) is 0 Å². The SMILES string of the molecule is C=CC(=O)OC(O)(I)CC. The van der Waals surface area contributed by atoms with Gasteiger partial charge in [-0.25, -0.2) is 4.79 Å². The Balaban J connectivity index is 3.87. The highest BCUT2D eigenvalue weighted by molar-refractivity contribution is 14.1. The summed E-state index contributed by atoms with van der Waals surface area (Å²) in [6, 6.07) is 0. The number of halogens is 1. The zero-order chi connectivity index (χ0) is 8.20. The molecule has 0 amide bonds. The fourth-order valence-electron chi connectivity index (χ4n) is 0.268. The van der Waals surface area contributed by atoms with Crippen molar-refractivity contribution in [2.24, 2.45) is 0 Å². The summed E-state index contributed by atoms with van der Waals surface area (Å²) in [4.78, 5) is 10.5. The molecule has 0 heterocycles. The Kier molecular flexibility index (Phi) is 3.88. The van der Waals surface area contributed by atoms with Crippen LogP contribution in [-0.4, -0.2) is 14.9 Å². The molecule has 0 aliphatic rings. The fourth-order valence-corrected chi connectivity index (χ4v) is 0.485. The topological polar surface area (TPSA) is 46.5 Å². The van der Waals surface area contributed by atoms with Crippen molar-refractivity contribution in [2.45, 2.75) is 17.1 Å². The van der Waals surface area contributed by atoms with Crippen LogP contribution < -0.4 is 0 Å². The first kappa shape index (κ1) is 9.90. The van der Waals surface area contributed by atoms with Crippen LogP contribution in [0.2, 0.25) is 0 Å². The maximum absolute atomic E-state index is 10.5. The van der Waals surface area contributed by atoms with Crippen LogP contribution in [0.15, 0.2) is 12.7 Å². The minimum atomic E-state index is -1.39. The van der Waals surface area contributed by atoms with Crippen molar-refractivity contribution in [1.29, 1.82) is 0 Å². The quantitative estimate of drug-likeness (QED) is 0.271. The Morgan fingerprint density at radius 3 is 2.80 bits per heavy atom. The number of esters is 1. The van der Waals surface area contributed by atoms with Crippen LogP contribution in [-0.2, 0) is 9.53 Å². The number of hydrogen-bond acceptors (Lipinski definition) is 3. The number of carbonyl (C=O) groups is 1. The van der Waals surface area contributed by atoms with Crippen molar-refractivity contribution >= 4 is 28.6 Å². The lowest BCUT2D eigenvalue weighted by Gasteiger charge is -2.17. The molecule has 3 nitrogen and oxygen atoms in total. The number of alkyl halides is 1. The molecule has 0 rings (SSSR count). The van der Waals surface area contributed by atoms with E-state index in [2.05, 4.69) is 11.3 Å². The van der Waals surface area contributed by atoms with E-state index in [1.807, 2.05) is 0 Å². The summed E-state index contributed by atoms with van der Waals surface area (Å²) in [6.45, 7) is 4.90. The Labute approximate surface area is 73.2 Å². The summed E-state index contributed by atoms with van der Waals surface area (Å²) in [5.74, 6) is -0.612. The van der Waals surface area contributed by atoms with Gasteiger partial charge in [-0.2, -0.15) is 0 Å². The zero-order valence-corrected chi connectivity index (χ0v) is 7.79. The molecule has 0 saturated carbocycles. The van der Waals surface area contributed by atoms with Gasteiger partial charge in [-0.05, 0) is 0 Å². The number of carbonyl (C=O) groups excluding carboxylic acids is 1.